The third-order valence-electron chi connectivity index (χ3n) is 3.99. The topological polar surface area (TPSA) is 56.8 Å². The highest BCUT2D eigenvalue weighted by Gasteiger charge is 2.13. The number of alkyl halides is 1. The zero-order chi connectivity index (χ0) is 19.6. The molecule has 0 fully saturated rings. The standard InChI is InChI=1S/C21H24FNO4/c1-15-5-4-6-17(11-15)18(13-27-14-22)21(24)23-10-9-16-7-8-19(25-2)20(12-16)26-3/h4-8,11-13H,9-10,14H2,1-3H3,(H,23,24). The Bertz CT molecular complexity index is 805. The lowest BCUT2D eigenvalue weighted by atomic mass is 10.0. The first kappa shape index (κ1) is 20.3. The van der Waals surface area contributed by atoms with Crippen LogP contribution in [0.3, 0.4) is 0 Å². The van der Waals surface area contributed by atoms with Gasteiger partial charge in [-0.25, -0.2) is 4.39 Å². The Balaban J connectivity index is 2.03. The van der Waals surface area contributed by atoms with Gasteiger partial charge in [-0.3, -0.25) is 4.79 Å². The third kappa shape index (κ3) is 5.74. The molecule has 0 atom stereocenters. The second kappa shape index (κ2) is 10.2. The van der Waals surface area contributed by atoms with Crippen molar-refractivity contribution in [2.45, 2.75) is 13.3 Å². The molecule has 0 unspecified atom stereocenters. The highest BCUT2D eigenvalue weighted by molar-refractivity contribution is 6.19. The smallest absolute Gasteiger partial charge is 0.255 e. The molecule has 0 heterocycles. The van der Waals surface area contributed by atoms with Crippen LogP contribution in [0.4, 0.5) is 4.39 Å². The van der Waals surface area contributed by atoms with Crippen LogP contribution < -0.4 is 14.8 Å². The lowest BCUT2D eigenvalue weighted by molar-refractivity contribution is -0.115. The number of halogens is 1. The van der Waals surface area contributed by atoms with E-state index in [1.165, 1.54) is 0 Å². The van der Waals surface area contributed by atoms with Crippen LogP contribution in [0.25, 0.3) is 5.57 Å². The molecule has 1 N–H and O–H groups in total. The summed E-state index contributed by atoms with van der Waals surface area (Å²) < 4.78 is 27.6. The van der Waals surface area contributed by atoms with E-state index in [2.05, 4.69) is 5.32 Å². The SMILES string of the molecule is COc1ccc(CCNC(=O)C(=COCF)c2cccc(C)c2)cc1OC. The molecule has 0 aliphatic carbocycles. The van der Waals surface area contributed by atoms with Crippen LogP contribution in [0, 0.1) is 6.92 Å². The second-order valence-electron chi connectivity index (χ2n) is 5.87. The fourth-order valence-corrected chi connectivity index (χ4v) is 2.63. The van der Waals surface area contributed by atoms with Crippen LogP contribution in [0.15, 0.2) is 48.7 Å². The number of carbonyl (C=O) groups excluding carboxylic acids is 1. The molecule has 0 bridgehead atoms. The van der Waals surface area contributed by atoms with E-state index < -0.39 is 6.86 Å². The van der Waals surface area contributed by atoms with Crippen molar-refractivity contribution in [3.05, 3.63) is 65.4 Å². The Morgan fingerprint density at radius 2 is 1.89 bits per heavy atom. The van der Waals surface area contributed by atoms with Gasteiger partial charge in [-0.05, 0) is 36.6 Å². The van der Waals surface area contributed by atoms with Crippen molar-refractivity contribution >= 4 is 11.5 Å². The Morgan fingerprint density at radius 3 is 2.56 bits per heavy atom. The minimum absolute atomic E-state index is 0.281. The van der Waals surface area contributed by atoms with Crippen molar-refractivity contribution < 1.29 is 23.4 Å². The maximum atomic E-state index is 12.5. The Hall–Kier alpha value is -3.02. The first-order chi connectivity index (χ1) is 13.1. The molecular weight excluding hydrogens is 349 g/mol. The number of carbonyl (C=O) groups is 1. The third-order valence-corrected chi connectivity index (χ3v) is 3.99. The normalized spacial score (nSPS) is 11.0. The quantitative estimate of drug-likeness (QED) is 0.538. The fraction of sp³-hybridized carbons (Fsp3) is 0.286. The number of benzene rings is 2. The van der Waals surface area contributed by atoms with Crippen molar-refractivity contribution in [2.24, 2.45) is 0 Å². The number of hydrogen-bond acceptors (Lipinski definition) is 4. The van der Waals surface area contributed by atoms with Gasteiger partial charge in [0.15, 0.2) is 11.5 Å². The molecular formula is C21H24FNO4. The molecule has 6 heteroatoms. The Labute approximate surface area is 158 Å². The zero-order valence-electron chi connectivity index (χ0n) is 15.8. The minimum atomic E-state index is -0.992. The summed E-state index contributed by atoms with van der Waals surface area (Å²) in [6, 6.07) is 13.0. The summed E-state index contributed by atoms with van der Waals surface area (Å²) in [4.78, 5) is 12.5. The molecule has 1 amide bonds. The highest BCUT2D eigenvalue weighted by Crippen LogP contribution is 2.27. The lowest BCUT2D eigenvalue weighted by Crippen LogP contribution is -2.26. The molecule has 0 spiro atoms. The van der Waals surface area contributed by atoms with E-state index in [0.717, 1.165) is 17.4 Å². The summed E-state index contributed by atoms with van der Waals surface area (Å²) in [5.41, 5.74) is 2.95. The van der Waals surface area contributed by atoms with Gasteiger partial charge in [0, 0.05) is 6.54 Å². The van der Waals surface area contributed by atoms with Crippen LogP contribution in [0.5, 0.6) is 11.5 Å². The molecule has 27 heavy (non-hydrogen) atoms. The van der Waals surface area contributed by atoms with Gasteiger partial charge in [0.1, 0.15) is 0 Å². The van der Waals surface area contributed by atoms with E-state index in [1.54, 1.807) is 20.3 Å². The van der Waals surface area contributed by atoms with Crippen LogP contribution in [-0.2, 0) is 16.0 Å². The lowest BCUT2D eigenvalue weighted by Gasteiger charge is -2.11. The van der Waals surface area contributed by atoms with Gasteiger partial charge in [0.05, 0.1) is 26.1 Å². The van der Waals surface area contributed by atoms with Crippen molar-refractivity contribution in [3.63, 3.8) is 0 Å². The van der Waals surface area contributed by atoms with Gasteiger partial charge < -0.3 is 19.5 Å². The van der Waals surface area contributed by atoms with Gasteiger partial charge in [-0.1, -0.05) is 35.9 Å². The summed E-state index contributed by atoms with van der Waals surface area (Å²) in [5, 5.41) is 2.84. The molecule has 0 aliphatic rings. The number of amides is 1. The van der Waals surface area contributed by atoms with E-state index >= 15 is 0 Å². The maximum Gasteiger partial charge on any atom is 0.255 e. The minimum Gasteiger partial charge on any atom is -0.493 e. The molecule has 2 aromatic rings. The predicted octanol–water partition coefficient (Wildman–Crippen LogP) is 3.66. The molecule has 0 aromatic heterocycles. The number of methoxy groups -OCH3 is 2. The average Bonchev–Trinajstić information content (AvgIpc) is 2.68. The molecule has 0 saturated heterocycles. The van der Waals surface area contributed by atoms with Crippen LogP contribution in [0.1, 0.15) is 16.7 Å². The number of aryl methyl sites for hydroxylation is 1. The van der Waals surface area contributed by atoms with Gasteiger partial charge >= 0.3 is 0 Å². The summed E-state index contributed by atoms with van der Waals surface area (Å²) in [7, 11) is 3.16. The fourth-order valence-electron chi connectivity index (χ4n) is 2.63. The number of nitrogens with one attached hydrogen (secondary N) is 1. The van der Waals surface area contributed by atoms with E-state index in [1.807, 2.05) is 43.3 Å². The van der Waals surface area contributed by atoms with Gasteiger partial charge in [0.2, 0.25) is 6.86 Å². The molecule has 2 rings (SSSR count). The molecule has 0 saturated carbocycles. The monoisotopic (exact) mass is 373 g/mol. The van der Waals surface area contributed by atoms with Crippen molar-refractivity contribution in [1.29, 1.82) is 0 Å². The molecule has 144 valence electrons. The molecule has 0 aliphatic heterocycles. The predicted molar refractivity (Wildman–Crippen MR) is 102 cm³/mol. The zero-order valence-corrected chi connectivity index (χ0v) is 15.8. The van der Waals surface area contributed by atoms with E-state index in [-0.39, 0.29) is 11.5 Å². The molecule has 2 aromatic carbocycles. The first-order valence-corrected chi connectivity index (χ1v) is 8.53. The van der Waals surface area contributed by atoms with Gasteiger partial charge in [-0.2, -0.15) is 0 Å². The molecule has 5 nitrogen and oxygen atoms in total. The van der Waals surface area contributed by atoms with Gasteiger partial charge in [0.25, 0.3) is 5.91 Å². The Kier molecular flexibility index (Phi) is 7.67. The summed E-state index contributed by atoms with van der Waals surface area (Å²) >= 11 is 0. The largest absolute Gasteiger partial charge is 0.493 e. The average molecular weight is 373 g/mol. The van der Waals surface area contributed by atoms with E-state index in [4.69, 9.17) is 14.2 Å². The van der Waals surface area contributed by atoms with Crippen LogP contribution in [-0.4, -0.2) is 33.5 Å². The van der Waals surface area contributed by atoms with E-state index in [9.17, 15) is 9.18 Å². The highest BCUT2D eigenvalue weighted by atomic mass is 19.1. The summed E-state index contributed by atoms with van der Waals surface area (Å²) in [6.45, 7) is 1.34. The number of hydrogen-bond donors (Lipinski definition) is 1. The Morgan fingerprint density at radius 1 is 1.11 bits per heavy atom. The second-order valence-corrected chi connectivity index (χ2v) is 5.87. The summed E-state index contributed by atoms with van der Waals surface area (Å²) in [5.74, 6) is 0.964. The number of ether oxygens (including phenoxy) is 3. The first-order valence-electron chi connectivity index (χ1n) is 8.53. The van der Waals surface area contributed by atoms with Crippen molar-refractivity contribution in [3.8, 4) is 11.5 Å². The molecule has 0 radical (unpaired) electrons. The van der Waals surface area contributed by atoms with Crippen molar-refractivity contribution in [1.82, 2.24) is 5.32 Å². The summed E-state index contributed by atoms with van der Waals surface area (Å²) in [6.07, 6.45) is 1.76. The van der Waals surface area contributed by atoms with E-state index in [0.29, 0.717) is 30.0 Å². The number of rotatable bonds is 9. The maximum absolute atomic E-state index is 12.5. The van der Waals surface area contributed by atoms with Crippen molar-refractivity contribution in [2.75, 3.05) is 27.6 Å². The van der Waals surface area contributed by atoms with Gasteiger partial charge in [-0.15, -0.1) is 0 Å². The van der Waals surface area contributed by atoms with Crippen LogP contribution in [0.2, 0.25) is 0 Å². The van der Waals surface area contributed by atoms with Crippen LogP contribution >= 0.6 is 0 Å².